The van der Waals surface area contributed by atoms with Crippen LogP contribution in [0.4, 0.5) is 0 Å². The molecule has 0 fully saturated rings. The molecule has 0 radical (unpaired) electrons. The van der Waals surface area contributed by atoms with Gasteiger partial charge in [-0.15, -0.1) is 0 Å². The SMILES string of the molecule is C=C(C)C(=O)O.CC=CC=O. The molecule has 0 spiro atoms. The molecule has 1 N–H and O–H groups in total. The molecule has 62 valence electrons. The summed E-state index contributed by atoms with van der Waals surface area (Å²) in [6.07, 6.45) is 3.88. The predicted molar refractivity (Wildman–Crippen MR) is 43.3 cm³/mol. The fourth-order valence-electron chi connectivity index (χ4n) is 0.0786. The van der Waals surface area contributed by atoms with Gasteiger partial charge < -0.3 is 5.11 Å². The summed E-state index contributed by atoms with van der Waals surface area (Å²) in [6, 6.07) is 0. The summed E-state index contributed by atoms with van der Waals surface area (Å²) in [7, 11) is 0. The van der Waals surface area contributed by atoms with Gasteiger partial charge >= 0.3 is 5.97 Å². The van der Waals surface area contributed by atoms with Crippen LogP contribution in [0.15, 0.2) is 24.3 Å². The summed E-state index contributed by atoms with van der Waals surface area (Å²) in [4.78, 5) is 18.9. The first-order chi connectivity index (χ1) is 5.06. The van der Waals surface area contributed by atoms with E-state index in [0.29, 0.717) is 0 Å². The van der Waals surface area contributed by atoms with Gasteiger partial charge in [-0.05, 0) is 19.9 Å². The van der Waals surface area contributed by atoms with Crippen LogP contribution in [0.25, 0.3) is 0 Å². The van der Waals surface area contributed by atoms with Crippen LogP contribution in [0.2, 0.25) is 0 Å². The molecule has 0 atom stereocenters. The van der Waals surface area contributed by atoms with Crippen LogP contribution in [0, 0.1) is 0 Å². The van der Waals surface area contributed by atoms with Crippen molar-refractivity contribution in [3.8, 4) is 0 Å². The normalized spacial score (nSPS) is 8.18. The lowest BCUT2D eigenvalue weighted by Crippen LogP contribution is -1.92. The summed E-state index contributed by atoms with van der Waals surface area (Å²) < 4.78 is 0. The van der Waals surface area contributed by atoms with Gasteiger partial charge in [0.25, 0.3) is 0 Å². The molecule has 0 saturated heterocycles. The van der Waals surface area contributed by atoms with Gasteiger partial charge in [0.15, 0.2) is 0 Å². The first kappa shape index (κ1) is 12.3. The van der Waals surface area contributed by atoms with E-state index in [4.69, 9.17) is 5.11 Å². The molecular weight excluding hydrogens is 144 g/mol. The van der Waals surface area contributed by atoms with Crippen LogP contribution in [0.3, 0.4) is 0 Å². The van der Waals surface area contributed by atoms with Gasteiger partial charge in [-0.2, -0.15) is 0 Å². The van der Waals surface area contributed by atoms with Crippen LogP contribution in [0.1, 0.15) is 13.8 Å². The summed E-state index contributed by atoms with van der Waals surface area (Å²) >= 11 is 0. The number of hydrogen-bond acceptors (Lipinski definition) is 2. The van der Waals surface area contributed by atoms with Gasteiger partial charge in [-0.3, -0.25) is 4.79 Å². The Morgan fingerprint density at radius 2 is 1.91 bits per heavy atom. The largest absolute Gasteiger partial charge is 0.478 e. The van der Waals surface area contributed by atoms with Gasteiger partial charge in [0.05, 0.1) is 0 Å². The molecule has 0 aliphatic heterocycles. The minimum absolute atomic E-state index is 0.176. The number of rotatable bonds is 2. The summed E-state index contributed by atoms with van der Waals surface area (Å²) in [5.74, 6) is -0.935. The maximum absolute atomic E-state index is 9.60. The zero-order valence-electron chi connectivity index (χ0n) is 6.70. The molecule has 11 heavy (non-hydrogen) atoms. The second-order valence-corrected chi connectivity index (χ2v) is 1.75. The lowest BCUT2D eigenvalue weighted by Gasteiger charge is -1.79. The van der Waals surface area contributed by atoms with Crippen LogP contribution in [-0.4, -0.2) is 17.4 Å². The second-order valence-electron chi connectivity index (χ2n) is 1.75. The lowest BCUT2D eigenvalue weighted by molar-refractivity contribution is -0.132. The molecule has 3 nitrogen and oxygen atoms in total. The van der Waals surface area contributed by atoms with Gasteiger partial charge in [-0.1, -0.05) is 12.7 Å². The Balaban J connectivity index is 0. The Bertz CT molecular complexity index is 156. The maximum atomic E-state index is 9.60. The molecule has 0 bridgehead atoms. The molecule has 0 amide bonds. The second kappa shape index (κ2) is 8.62. The molecule has 0 rings (SSSR count). The molecule has 0 heterocycles. The smallest absolute Gasteiger partial charge is 0.330 e. The minimum atomic E-state index is -0.935. The van der Waals surface area contributed by atoms with Crippen LogP contribution >= 0.6 is 0 Å². The van der Waals surface area contributed by atoms with Crippen molar-refractivity contribution in [2.75, 3.05) is 0 Å². The highest BCUT2D eigenvalue weighted by Gasteiger charge is 1.90. The van der Waals surface area contributed by atoms with Crippen molar-refractivity contribution in [2.24, 2.45) is 0 Å². The van der Waals surface area contributed by atoms with Gasteiger partial charge in [0.2, 0.25) is 0 Å². The molecule has 0 aromatic heterocycles. The molecule has 0 aromatic carbocycles. The van der Waals surface area contributed by atoms with E-state index in [1.54, 1.807) is 13.0 Å². The Hall–Kier alpha value is -1.38. The van der Waals surface area contributed by atoms with E-state index in [-0.39, 0.29) is 5.57 Å². The van der Waals surface area contributed by atoms with Crippen molar-refractivity contribution in [2.45, 2.75) is 13.8 Å². The highest BCUT2D eigenvalue weighted by molar-refractivity contribution is 5.84. The average molecular weight is 156 g/mol. The van der Waals surface area contributed by atoms with Crippen molar-refractivity contribution in [1.82, 2.24) is 0 Å². The third-order valence-electron chi connectivity index (χ3n) is 0.636. The third-order valence-corrected chi connectivity index (χ3v) is 0.636. The van der Waals surface area contributed by atoms with E-state index in [9.17, 15) is 9.59 Å². The molecular formula is C8H12O3. The number of carbonyl (C=O) groups is 2. The number of aldehydes is 1. The lowest BCUT2D eigenvalue weighted by atomic mass is 10.4. The van der Waals surface area contributed by atoms with E-state index in [1.165, 1.54) is 13.0 Å². The number of carboxylic acids is 1. The zero-order chi connectivity index (χ0) is 9.28. The van der Waals surface area contributed by atoms with Gasteiger partial charge in [-0.25, -0.2) is 4.79 Å². The summed E-state index contributed by atoms with van der Waals surface area (Å²) in [5.41, 5.74) is 0.176. The van der Waals surface area contributed by atoms with E-state index in [2.05, 4.69) is 6.58 Å². The monoisotopic (exact) mass is 156 g/mol. The highest BCUT2D eigenvalue weighted by Crippen LogP contribution is 1.81. The van der Waals surface area contributed by atoms with Crippen LogP contribution in [0.5, 0.6) is 0 Å². The predicted octanol–water partition coefficient (Wildman–Crippen LogP) is 1.41. The van der Waals surface area contributed by atoms with Gasteiger partial charge in [0, 0.05) is 5.57 Å². The number of carbonyl (C=O) groups excluding carboxylic acids is 1. The molecule has 3 heteroatoms. The molecule has 0 aliphatic rings. The topological polar surface area (TPSA) is 54.4 Å². The zero-order valence-corrected chi connectivity index (χ0v) is 6.70. The van der Waals surface area contributed by atoms with E-state index >= 15 is 0 Å². The first-order valence-electron chi connectivity index (χ1n) is 3.01. The third kappa shape index (κ3) is 17.7. The van der Waals surface area contributed by atoms with Crippen molar-refractivity contribution in [1.29, 1.82) is 0 Å². The number of allylic oxidation sites excluding steroid dienone is 2. The highest BCUT2D eigenvalue weighted by atomic mass is 16.4. The number of hydrogen-bond donors (Lipinski definition) is 1. The summed E-state index contributed by atoms with van der Waals surface area (Å²) in [6.45, 7) is 6.40. The van der Waals surface area contributed by atoms with Crippen LogP contribution < -0.4 is 0 Å². The van der Waals surface area contributed by atoms with Crippen molar-refractivity contribution >= 4 is 12.3 Å². The molecule has 0 aliphatic carbocycles. The van der Waals surface area contributed by atoms with Crippen molar-refractivity contribution < 1.29 is 14.7 Å². The summed E-state index contributed by atoms with van der Waals surface area (Å²) in [5, 5.41) is 7.89. The number of aliphatic carboxylic acids is 1. The maximum Gasteiger partial charge on any atom is 0.330 e. The Labute approximate surface area is 66.0 Å². The first-order valence-corrected chi connectivity index (χ1v) is 3.01. The average Bonchev–Trinajstić information content (AvgIpc) is 1.90. The van der Waals surface area contributed by atoms with Crippen molar-refractivity contribution in [3.63, 3.8) is 0 Å². The standard InChI is InChI=1S/C4H6O2.C4H6O/c1-3(2)4(5)6;1-2-3-4-5/h1H2,2H3,(H,5,6);2-4H,1H3. The molecule has 0 unspecified atom stereocenters. The Morgan fingerprint density at radius 1 is 1.55 bits per heavy atom. The fraction of sp³-hybridized carbons (Fsp3) is 0.250. The molecule has 0 saturated carbocycles. The molecule has 0 aromatic rings. The van der Waals surface area contributed by atoms with E-state index < -0.39 is 5.97 Å². The van der Waals surface area contributed by atoms with E-state index in [1.807, 2.05) is 0 Å². The quantitative estimate of drug-likeness (QED) is 0.485. The Kier molecular flexibility index (Phi) is 9.65. The van der Waals surface area contributed by atoms with Gasteiger partial charge in [0.1, 0.15) is 6.29 Å². The fourth-order valence-corrected chi connectivity index (χ4v) is 0.0786. The van der Waals surface area contributed by atoms with Crippen molar-refractivity contribution in [3.05, 3.63) is 24.3 Å². The van der Waals surface area contributed by atoms with Crippen LogP contribution in [-0.2, 0) is 9.59 Å². The number of carboxylic acid groups (broad SMARTS) is 1. The Morgan fingerprint density at radius 3 is 1.91 bits per heavy atom. The minimum Gasteiger partial charge on any atom is -0.478 e. The van der Waals surface area contributed by atoms with E-state index in [0.717, 1.165) is 6.29 Å².